The number of likely N-dealkylation sites (tertiary alicyclic amines) is 1. The maximum Gasteiger partial charge on any atom is 0.236 e. The van der Waals surface area contributed by atoms with Gasteiger partial charge in [0.25, 0.3) is 0 Å². The fourth-order valence-electron chi connectivity index (χ4n) is 5.76. The highest BCUT2D eigenvalue weighted by Gasteiger charge is 2.64. The first-order chi connectivity index (χ1) is 17.1. The summed E-state index contributed by atoms with van der Waals surface area (Å²) in [6.45, 7) is 0.172. The summed E-state index contributed by atoms with van der Waals surface area (Å²) in [5, 5.41) is 0. The Bertz CT molecular complexity index is 1350. The number of methoxy groups -OCH3 is 1. The van der Waals surface area contributed by atoms with E-state index in [-0.39, 0.29) is 30.2 Å². The third-order valence-corrected chi connectivity index (χ3v) is 7.38. The van der Waals surface area contributed by atoms with Crippen LogP contribution in [0.2, 0.25) is 0 Å². The van der Waals surface area contributed by atoms with Crippen LogP contribution in [0.5, 0.6) is 5.75 Å². The van der Waals surface area contributed by atoms with Crippen molar-refractivity contribution in [2.45, 2.75) is 18.6 Å². The Balaban J connectivity index is 1.42. The fourth-order valence-corrected chi connectivity index (χ4v) is 5.76. The van der Waals surface area contributed by atoms with Crippen LogP contribution < -0.4 is 4.74 Å². The van der Waals surface area contributed by atoms with Gasteiger partial charge in [0.1, 0.15) is 11.8 Å². The molecule has 6 heteroatoms. The van der Waals surface area contributed by atoms with E-state index in [0.717, 1.165) is 16.7 Å². The van der Waals surface area contributed by atoms with Crippen molar-refractivity contribution in [3.05, 3.63) is 107 Å². The van der Waals surface area contributed by atoms with Gasteiger partial charge in [-0.1, -0.05) is 66.7 Å². The van der Waals surface area contributed by atoms with Crippen molar-refractivity contribution >= 4 is 23.7 Å². The zero-order valence-corrected chi connectivity index (χ0v) is 19.2. The molecule has 0 radical (unpaired) electrons. The molecule has 3 aromatic rings. The van der Waals surface area contributed by atoms with Gasteiger partial charge in [-0.15, -0.1) is 0 Å². The predicted octanol–water partition coefficient (Wildman–Crippen LogP) is 4.09. The number of ketones is 1. The summed E-state index contributed by atoms with van der Waals surface area (Å²) in [4.78, 5) is 44.7. The maximum atomic E-state index is 13.8. The van der Waals surface area contributed by atoms with Gasteiger partial charge in [0.05, 0.1) is 31.5 Å². The molecule has 174 valence electrons. The van der Waals surface area contributed by atoms with Crippen molar-refractivity contribution in [1.29, 1.82) is 0 Å². The number of hydrogen-bond acceptors (Lipinski definition) is 5. The quantitative estimate of drug-likeness (QED) is 0.420. The lowest BCUT2D eigenvalue weighted by molar-refractivity contribution is -0.142. The summed E-state index contributed by atoms with van der Waals surface area (Å²) in [5.74, 6) is -1.30. The topological polar surface area (TPSA) is 66.9 Å². The molecule has 35 heavy (non-hydrogen) atoms. The van der Waals surface area contributed by atoms with Crippen LogP contribution >= 0.6 is 0 Å². The summed E-state index contributed by atoms with van der Waals surface area (Å²) in [6.07, 6.45) is 3.84. The van der Waals surface area contributed by atoms with Gasteiger partial charge in [-0.3, -0.25) is 19.3 Å². The molecule has 0 N–H and O–H groups in total. The number of carbonyl (C=O) groups is 3. The van der Waals surface area contributed by atoms with Gasteiger partial charge in [-0.25, -0.2) is 0 Å². The van der Waals surface area contributed by atoms with Crippen LogP contribution in [0.3, 0.4) is 0 Å². The Labute approximate surface area is 203 Å². The second kappa shape index (κ2) is 8.24. The average molecular weight is 465 g/mol. The minimum absolute atomic E-state index is 0.139. The van der Waals surface area contributed by atoms with E-state index in [4.69, 9.17) is 4.74 Å². The SMILES string of the molecule is COc1ccc(CN2C(=O)[C@@H]3[C@H](C2=O)C2c4ccccc4C=CN2[C@@H]3C(=O)c2ccccc2)cc1. The van der Waals surface area contributed by atoms with Crippen LogP contribution in [-0.4, -0.2) is 40.5 Å². The Morgan fingerprint density at radius 1 is 0.857 bits per heavy atom. The highest BCUT2D eigenvalue weighted by atomic mass is 16.5. The van der Waals surface area contributed by atoms with Gasteiger partial charge in [-0.2, -0.15) is 0 Å². The van der Waals surface area contributed by atoms with Crippen molar-refractivity contribution < 1.29 is 19.1 Å². The Hall–Kier alpha value is -4.19. The minimum atomic E-state index is -0.741. The van der Waals surface area contributed by atoms with Crippen molar-refractivity contribution in [3.8, 4) is 5.75 Å². The van der Waals surface area contributed by atoms with Crippen LogP contribution in [0.1, 0.15) is 33.1 Å². The lowest BCUT2D eigenvalue weighted by Gasteiger charge is -2.35. The van der Waals surface area contributed by atoms with Gasteiger partial charge < -0.3 is 9.64 Å². The molecular formula is C29H24N2O4. The van der Waals surface area contributed by atoms with Crippen molar-refractivity contribution in [2.24, 2.45) is 11.8 Å². The van der Waals surface area contributed by atoms with Crippen LogP contribution in [0, 0.1) is 11.8 Å². The van der Waals surface area contributed by atoms with E-state index >= 15 is 0 Å². The molecule has 2 amide bonds. The van der Waals surface area contributed by atoms with E-state index in [1.807, 2.05) is 83.9 Å². The summed E-state index contributed by atoms with van der Waals surface area (Å²) in [5.41, 5.74) is 3.35. The van der Waals surface area contributed by atoms with Crippen molar-refractivity contribution in [3.63, 3.8) is 0 Å². The molecule has 0 aliphatic carbocycles. The van der Waals surface area contributed by atoms with Crippen LogP contribution in [0.25, 0.3) is 6.08 Å². The smallest absolute Gasteiger partial charge is 0.236 e. The van der Waals surface area contributed by atoms with Crippen LogP contribution in [0.4, 0.5) is 0 Å². The zero-order valence-electron chi connectivity index (χ0n) is 19.2. The number of amides is 2. The third kappa shape index (κ3) is 3.28. The summed E-state index contributed by atoms with van der Waals surface area (Å²) in [7, 11) is 1.59. The second-order valence-electron chi connectivity index (χ2n) is 9.17. The summed E-state index contributed by atoms with van der Waals surface area (Å²) >= 11 is 0. The molecule has 6 nitrogen and oxygen atoms in total. The fraction of sp³-hybridized carbons (Fsp3) is 0.207. The average Bonchev–Trinajstić information content (AvgIpc) is 3.37. The lowest BCUT2D eigenvalue weighted by atomic mass is 9.83. The molecule has 1 unspecified atom stereocenters. The number of Topliss-reactive ketones (excluding diaryl/α,β-unsaturated/α-hetero) is 1. The first kappa shape index (κ1) is 21.4. The Kier molecular flexibility index (Phi) is 5.02. The molecule has 6 rings (SSSR count). The zero-order chi connectivity index (χ0) is 24.1. The third-order valence-electron chi connectivity index (χ3n) is 7.38. The summed E-state index contributed by atoms with van der Waals surface area (Å²) in [6, 6.07) is 23.1. The van der Waals surface area contributed by atoms with E-state index in [1.165, 1.54) is 4.90 Å². The van der Waals surface area contributed by atoms with E-state index in [0.29, 0.717) is 11.3 Å². The first-order valence-corrected chi connectivity index (χ1v) is 11.7. The highest BCUT2D eigenvalue weighted by molar-refractivity contribution is 6.12. The van der Waals surface area contributed by atoms with E-state index in [2.05, 4.69) is 0 Å². The molecule has 0 saturated carbocycles. The van der Waals surface area contributed by atoms with Gasteiger partial charge in [-0.05, 0) is 34.9 Å². The largest absolute Gasteiger partial charge is 0.497 e. The monoisotopic (exact) mass is 464 g/mol. The number of ether oxygens (including phenoxy) is 1. The number of hydrogen-bond donors (Lipinski definition) is 0. The number of fused-ring (bicyclic) bond motifs is 5. The molecule has 3 aliphatic rings. The number of benzene rings is 3. The Morgan fingerprint density at radius 3 is 2.29 bits per heavy atom. The van der Waals surface area contributed by atoms with Crippen LogP contribution in [0.15, 0.2) is 85.1 Å². The van der Waals surface area contributed by atoms with Crippen LogP contribution in [-0.2, 0) is 16.1 Å². The van der Waals surface area contributed by atoms with Crippen molar-refractivity contribution in [1.82, 2.24) is 9.80 Å². The molecule has 3 aliphatic heterocycles. The number of carbonyl (C=O) groups excluding carboxylic acids is 3. The molecule has 0 aromatic heterocycles. The number of imide groups is 1. The maximum absolute atomic E-state index is 13.8. The second-order valence-corrected chi connectivity index (χ2v) is 9.17. The van der Waals surface area contributed by atoms with Gasteiger partial charge in [0.2, 0.25) is 11.8 Å². The summed E-state index contributed by atoms with van der Waals surface area (Å²) < 4.78 is 5.22. The minimum Gasteiger partial charge on any atom is -0.497 e. The van der Waals surface area contributed by atoms with Gasteiger partial charge in [0, 0.05) is 11.8 Å². The Morgan fingerprint density at radius 2 is 1.54 bits per heavy atom. The number of nitrogens with zero attached hydrogens (tertiary/aromatic N) is 2. The number of rotatable bonds is 5. The first-order valence-electron chi connectivity index (χ1n) is 11.7. The molecule has 3 heterocycles. The van der Waals surface area contributed by atoms with Gasteiger partial charge in [0.15, 0.2) is 5.78 Å². The molecular weight excluding hydrogens is 440 g/mol. The molecule has 3 aromatic carbocycles. The lowest BCUT2D eigenvalue weighted by Crippen LogP contribution is -2.44. The van der Waals surface area contributed by atoms with E-state index in [1.54, 1.807) is 19.2 Å². The van der Waals surface area contributed by atoms with E-state index in [9.17, 15) is 14.4 Å². The van der Waals surface area contributed by atoms with Crippen molar-refractivity contribution in [2.75, 3.05) is 7.11 Å². The molecule has 0 spiro atoms. The molecule has 2 saturated heterocycles. The molecule has 0 bridgehead atoms. The predicted molar refractivity (Wildman–Crippen MR) is 130 cm³/mol. The normalized spacial score (nSPS) is 24.3. The van der Waals surface area contributed by atoms with E-state index < -0.39 is 17.9 Å². The molecule has 4 atom stereocenters. The van der Waals surface area contributed by atoms with Gasteiger partial charge >= 0.3 is 0 Å². The standard InChI is InChI=1S/C29H24N2O4/c1-35-21-13-11-18(12-14-21)17-31-28(33)23-24(29(31)34)26(27(32)20-8-3-2-4-9-20)30-16-15-19-7-5-6-10-22(19)25(23)30/h2-16,23-26H,17H2,1H3/t23-,24+,25?,26-/m0/s1. The highest BCUT2D eigenvalue weighted by Crippen LogP contribution is 2.53. The molecule has 2 fully saturated rings.